The molecule has 19 heavy (non-hydrogen) atoms. The molecule has 0 spiro atoms. The van der Waals surface area contributed by atoms with Gasteiger partial charge in [0.1, 0.15) is 5.75 Å². The number of thiol groups is 1. The maximum atomic E-state index is 11.9. The van der Waals surface area contributed by atoms with Gasteiger partial charge in [0, 0.05) is 18.2 Å². The van der Waals surface area contributed by atoms with Crippen LogP contribution in [0.4, 0.5) is 5.13 Å². The second kappa shape index (κ2) is 5.02. The molecule has 1 saturated heterocycles. The summed E-state index contributed by atoms with van der Waals surface area (Å²) in [6, 6.07) is 5.81. The molecule has 3 rings (SSSR count). The number of ether oxygens (including phenoxy) is 1. The lowest BCUT2D eigenvalue weighted by molar-refractivity contribution is -0.117. The first-order valence-corrected chi connectivity index (χ1v) is 7.52. The maximum absolute atomic E-state index is 11.9. The third kappa shape index (κ3) is 2.42. The monoisotopic (exact) mass is 294 g/mol. The van der Waals surface area contributed by atoms with E-state index < -0.39 is 0 Å². The van der Waals surface area contributed by atoms with E-state index in [1.54, 1.807) is 4.90 Å². The lowest BCUT2D eigenvalue weighted by Crippen LogP contribution is -2.24. The van der Waals surface area contributed by atoms with Crippen LogP contribution < -0.4 is 9.64 Å². The molecule has 0 aliphatic carbocycles. The number of rotatable bonds is 3. The minimum atomic E-state index is 0.101. The fourth-order valence-electron chi connectivity index (χ4n) is 2.14. The van der Waals surface area contributed by atoms with Crippen LogP contribution in [0.2, 0.25) is 0 Å². The van der Waals surface area contributed by atoms with Crippen molar-refractivity contribution >= 4 is 45.2 Å². The van der Waals surface area contributed by atoms with E-state index in [1.807, 2.05) is 25.1 Å². The van der Waals surface area contributed by atoms with Gasteiger partial charge in [-0.05, 0) is 25.1 Å². The van der Waals surface area contributed by atoms with Crippen LogP contribution in [0.1, 0.15) is 13.3 Å². The summed E-state index contributed by atoms with van der Waals surface area (Å²) in [5, 5.41) is 0.865. The second-order valence-corrected chi connectivity index (χ2v) is 6.16. The number of nitrogens with zero attached hydrogens (tertiary/aromatic N) is 2. The number of aromatic nitrogens is 1. The summed E-state index contributed by atoms with van der Waals surface area (Å²) in [5.41, 5.74) is 0.902. The summed E-state index contributed by atoms with van der Waals surface area (Å²) in [4.78, 5) is 18.1. The van der Waals surface area contributed by atoms with E-state index in [0.29, 0.717) is 19.6 Å². The normalized spacial score (nSPS) is 19.4. The fraction of sp³-hybridized carbons (Fsp3) is 0.385. The summed E-state index contributed by atoms with van der Waals surface area (Å²) < 4.78 is 6.51. The molecule has 0 N–H and O–H groups in total. The molecule has 100 valence electrons. The summed E-state index contributed by atoms with van der Waals surface area (Å²) in [5.74, 6) is 0.939. The molecule has 0 bridgehead atoms. The van der Waals surface area contributed by atoms with Gasteiger partial charge in [-0.15, -0.1) is 0 Å². The average molecular weight is 294 g/mol. The molecule has 1 aromatic heterocycles. The van der Waals surface area contributed by atoms with Crippen molar-refractivity contribution < 1.29 is 9.53 Å². The van der Waals surface area contributed by atoms with Crippen LogP contribution in [-0.4, -0.2) is 29.3 Å². The molecule has 1 atom stereocenters. The van der Waals surface area contributed by atoms with Gasteiger partial charge in [-0.25, -0.2) is 4.98 Å². The number of hydrogen-bond donors (Lipinski definition) is 1. The van der Waals surface area contributed by atoms with Gasteiger partial charge < -0.3 is 4.74 Å². The van der Waals surface area contributed by atoms with E-state index >= 15 is 0 Å². The maximum Gasteiger partial charge on any atom is 0.229 e. The Bertz CT molecular complexity index is 626. The molecule has 1 aliphatic rings. The summed E-state index contributed by atoms with van der Waals surface area (Å²) in [7, 11) is 0. The number of carbonyl (C=O) groups excluding carboxylic acids is 1. The molecule has 6 heteroatoms. The molecule has 1 aromatic carbocycles. The second-order valence-electron chi connectivity index (χ2n) is 4.42. The first-order chi connectivity index (χ1) is 9.17. The molecule has 2 aromatic rings. The number of carbonyl (C=O) groups is 1. The number of amides is 1. The molecule has 0 saturated carbocycles. The Labute approximate surface area is 120 Å². The van der Waals surface area contributed by atoms with Crippen molar-refractivity contribution in [2.45, 2.75) is 18.6 Å². The minimum absolute atomic E-state index is 0.101. The highest BCUT2D eigenvalue weighted by Crippen LogP contribution is 2.34. The SMILES string of the molecule is CCOc1ccc2nc(N3CC(S)CC3=O)sc2c1. The first kappa shape index (κ1) is 12.7. The quantitative estimate of drug-likeness (QED) is 0.885. The van der Waals surface area contributed by atoms with Crippen molar-refractivity contribution in [3.63, 3.8) is 0 Å². The van der Waals surface area contributed by atoms with Crippen molar-refractivity contribution in [3.8, 4) is 5.75 Å². The van der Waals surface area contributed by atoms with Crippen molar-refractivity contribution in [2.24, 2.45) is 0 Å². The Kier molecular flexibility index (Phi) is 3.36. The number of benzene rings is 1. The van der Waals surface area contributed by atoms with Crippen molar-refractivity contribution in [1.82, 2.24) is 4.98 Å². The van der Waals surface area contributed by atoms with Gasteiger partial charge in [-0.2, -0.15) is 12.6 Å². The number of fused-ring (bicyclic) bond motifs is 1. The molecule has 1 amide bonds. The summed E-state index contributed by atoms with van der Waals surface area (Å²) >= 11 is 5.88. The van der Waals surface area contributed by atoms with E-state index in [2.05, 4.69) is 17.6 Å². The molecule has 0 radical (unpaired) electrons. The predicted octanol–water partition coefficient (Wildman–Crippen LogP) is 2.73. The van der Waals surface area contributed by atoms with E-state index in [4.69, 9.17) is 4.74 Å². The van der Waals surface area contributed by atoms with E-state index in [-0.39, 0.29) is 11.2 Å². The molecular formula is C13H14N2O2S2. The molecule has 1 aliphatic heterocycles. The third-order valence-electron chi connectivity index (χ3n) is 3.00. The Morgan fingerprint density at radius 1 is 1.58 bits per heavy atom. The Morgan fingerprint density at radius 2 is 2.42 bits per heavy atom. The van der Waals surface area contributed by atoms with Crippen LogP contribution in [-0.2, 0) is 4.79 Å². The van der Waals surface area contributed by atoms with Gasteiger partial charge in [0.05, 0.1) is 16.8 Å². The smallest absolute Gasteiger partial charge is 0.229 e. The van der Waals surface area contributed by atoms with Gasteiger partial charge in [0.25, 0.3) is 0 Å². The number of anilines is 1. The zero-order chi connectivity index (χ0) is 13.4. The summed E-state index contributed by atoms with van der Waals surface area (Å²) in [6.07, 6.45) is 0.489. The molecule has 4 nitrogen and oxygen atoms in total. The lowest BCUT2D eigenvalue weighted by atomic mass is 10.3. The van der Waals surface area contributed by atoms with Gasteiger partial charge in [-0.3, -0.25) is 9.69 Å². The van der Waals surface area contributed by atoms with Crippen LogP contribution >= 0.6 is 24.0 Å². The van der Waals surface area contributed by atoms with Crippen LogP contribution in [0.25, 0.3) is 10.2 Å². The van der Waals surface area contributed by atoms with Crippen LogP contribution in [0, 0.1) is 0 Å². The number of hydrogen-bond acceptors (Lipinski definition) is 5. The minimum Gasteiger partial charge on any atom is -0.494 e. The topological polar surface area (TPSA) is 42.4 Å². The van der Waals surface area contributed by atoms with Gasteiger partial charge in [0.2, 0.25) is 5.91 Å². The van der Waals surface area contributed by atoms with Crippen LogP contribution in [0.5, 0.6) is 5.75 Å². The van der Waals surface area contributed by atoms with Gasteiger partial charge >= 0.3 is 0 Å². The molecule has 1 unspecified atom stereocenters. The van der Waals surface area contributed by atoms with Crippen molar-refractivity contribution in [1.29, 1.82) is 0 Å². The van der Waals surface area contributed by atoms with Gasteiger partial charge in [-0.1, -0.05) is 11.3 Å². The van der Waals surface area contributed by atoms with Crippen LogP contribution in [0.3, 0.4) is 0 Å². The van der Waals surface area contributed by atoms with E-state index in [1.165, 1.54) is 11.3 Å². The highest BCUT2D eigenvalue weighted by Gasteiger charge is 2.30. The summed E-state index contributed by atoms with van der Waals surface area (Å²) in [6.45, 7) is 3.24. The van der Waals surface area contributed by atoms with Crippen molar-refractivity contribution in [3.05, 3.63) is 18.2 Å². The fourth-order valence-corrected chi connectivity index (χ4v) is 3.48. The average Bonchev–Trinajstić information content (AvgIpc) is 2.92. The highest BCUT2D eigenvalue weighted by atomic mass is 32.1. The highest BCUT2D eigenvalue weighted by molar-refractivity contribution is 7.81. The van der Waals surface area contributed by atoms with Crippen LogP contribution in [0.15, 0.2) is 18.2 Å². The number of thiazole rings is 1. The third-order valence-corrected chi connectivity index (χ3v) is 4.38. The Hall–Kier alpha value is -1.27. The molecular weight excluding hydrogens is 280 g/mol. The molecule has 1 fully saturated rings. The van der Waals surface area contributed by atoms with E-state index in [9.17, 15) is 4.79 Å². The largest absolute Gasteiger partial charge is 0.494 e. The predicted molar refractivity (Wildman–Crippen MR) is 80.5 cm³/mol. The van der Waals surface area contributed by atoms with Gasteiger partial charge in [0.15, 0.2) is 5.13 Å². The van der Waals surface area contributed by atoms with Crippen molar-refractivity contribution in [2.75, 3.05) is 18.1 Å². The zero-order valence-corrected chi connectivity index (χ0v) is 12.2. The van der Waals surface area contributed by atoms with E-state index in [0.717, 1.165) is 21.1 Å². The standard InChI is InChI=1S/C13H14N2O2S2/c1-2-17-8-3-4-10-11(5-8)19-13(14-10)15-7-9(18)6-12(15)16/h3-5,9,18H,2,6-7H2,1H3. The lowest BCUT2D eigenvalue weighted by Gasteiger charge is -2.10. The first-order valence-electron chi connectivity index (χ1n) is 6.19. The Morgan fingerprint density at radius 3 is 3.11 bits per heavy atom. The Balaban J connectivity index is 1.95. The zero-order valence-electron chi connectivity index (χ0n) is 10.5. The molecule has 2 heterocycles.